The van der Waals surface area contributed by atoms with Crippen molar-refractivity contribution in [3.05, 3.63) is 76.3 Å². The second kappa shape index (κ2) is 8.46. The Labute approximate surface area is 182 Å². The molecule has 31 heavy (non-hydrogen) atoms. The molecule has 0 bridgehead atoms. The summed E-state index contributed by atoms with van der Waals surface area (Å²) >= 11 is 2.05. The Bertz CT molecular complexity index is 1290. The van der Waals surface area contributed by atoms with Gasteiger partial charge in [0.15, 0.2) is 17.3 Å². The van der Waals surface area contributed by atoms with Crippen molar-refractivity contribution in [2.24, 2.45) is 5.14 Å². The van der Waals surface area contributed by atoms with E-state index in [0.29, 0.717) is 5.56 Å². The standard InChI is InChI=1S/C20H14F2N4O3S2/c21-14-5-4-11(8-15(14)22)17-13(7-10-2-1-3-12(6-10)31-23)18(27)26(25-17)20-24-16(9-30-20)19(28)29/h1-6,8-9,27H,7,23H2,(H,28,29). The first-order valence-electron chi connectivity index (χ1n) is 8.78. The molecule has 11 heteroatoms. The van der Waals surface area contributed by atoms with Crippen LogP contribution in [-0.2, 0) is 6.42 Å². The molecule has 2 aromatic heterocycles. The number of carboxylic acids is 1. The minimum atomic E-state index is -1.22. The fourth-order valence-corrected chi connectivity index (χ4v) is 4.13. The van der Waals surface area contributed by atoms with E-state index >= 15 is 0 Å². The van der Waals surface area contributed by atoms with Gasteiger partial charge in [0.1, 0.15) is 5.69 Å². The average molecular weight is 460 g/mol. The number of nitrogens with two attached hydrogens (primary N) is 1. The second-order valence-corrected chi connectivity index (χ2v) is 8.00. The van der Waals surface area contributed by atoms with Gasteiger partial charge in [0.05, 0.1) is 0 Å². The van der Waals surface area contributed by atoms with Crippen LogP contribution < -0.4 is 5.14 Å². The van der Waals surface area contributed by atoms with Gasteiger partial charge in [0.25, 0.3) is 0 Å². The Hall–Kier alpha value is -3.28. The van der Waals surface area contributed by atoms with Crippen molar-refractivity contribution in [3.63, 3.8) is 0 Å². The third-order valence-corrected chi connectivity index (χ3v) is 5.80. The Morgan fingerprint density at radius 2 is 2.00 bits per heavy atom. The van der Waals surface area contributed by atoms with Crippen LogP contribution in [0.15, 0.2) is 52.7 Å². The van der Waals surface area contributed by atoms with Gasteiger partial charge in [0, 0.05) is 27.8 Å². The first-order valence-corrected chi connectivity index (χ1v) is 10.5. The summed E-state index contributed by atoms with van der Waals surface area (Å²) in [6.07, 6.45) is 0.214. The van der Waals surface area contributed by atoms with Crippen LogP contribution >= 0.6 is 23.3 Å². The zero-order chi connectivity index (χ0) is 22.1. The van der Waals surface area contributed by atoms with Gasteiger partial charge >= 0.3 is 5.97 Å². The predicted molar refractivity (Wildman–Crippen MR) is 113 cm³/mol. The van der Waals surface area contributed by atoms with Gasteiger partial charge in [-0.1, -0.05) is 12.1 Å². The summed E-state index contributed by atoms with van der Waals surface area (Å²) < 4.78 is 28.4. The molecule has 0 atom stereocenters. The molecular weight excluding hydrogens is 446 g/mol. The fraction of sp³-hybridized carbons (Fsp3) is 0.0500. The van der Waals surface area contributed by atoms with Gasteiger partial charge in [-0.2, -0.15) is 9.78 Å². The third kappa shape index (κ3) is 4.15. The Balaban J connectivity index is 1.86. The van der Waals surface area contributed by atoms with E-state index in [0.717, 1.165) is 50.6 Å². The quantitative estimate of drug-likeness (QED) is 0.369. The molecule has 0 unspecified atom stereocenters. The minimum absolute atomic E-state index is 0.122. The molecule has 0 aliphatic carbocycles. The van der Waals surface area contributed by atoms with Crippen LogP contribution in [0.5, 0.6) is 5.88 Å². The van der Waals surface area contributed by atoms with Crippen molar-refractivity contribution in [1.82, 2.24) is 14.8 Å². The van der Waals surface area contributed by atoms with Gasteiger partial charge in [-0.3, -0.25) is 5.14 Å². The lowest BCUT2D eigenvalue weighted by Crippen LogP contribution is -2.00. The van der Waals surface area contributed by atoms with E-state index in [2.05, 4.69) is 10.1 Å². The molecule has 4 N–H and O–H groups in total. The van der Waals surface area contributed by atoms with Crippen molar-refractivity contribution >= 4 is 29.3 Å². The number of aromatic nitrogens is 3. The molecule has 2 heterocycles. The molecule has 0 fully saturated rings. The minimum Gasteiger partial charge on any atom is -0.493 e. The highest BCUT2D eigenvalue weighted by Gasteiger charge is 2.23. The molecule has 0 spiro atoms. The number of nitrogens with zero attached hydrogens (tertiary/aromatic N) is 3. The van der Waals surface area contributed by atoms with Crippen LogP contribution in [0.25, 0.3) is 16.4 Å². The summed E-state index contributed by atoms with van der Waals surface area (Å²) in [6, 6.07) is 10.6. The van der Waals surface area contributed by atoms with E-state index in [9.17, 15) is 18.7 Å². The number of carbonyl (C=O) groups is 1. The second-order valence-electron chi connectivity index (χ2n) is 6.45. The van der Waals surface area contributed by atoms with Crippen molar-refractivity contribution < 1.29 is 23.8 Å². The normalized spacial score (nSPS) is 11.1. The number of aromatic hydroxyl groups is 1. The van der Waals surface area contributed by atoms with E-state index in [1.165, 1.54) is 11.4 Å². The molecule has 0 saturated heterocycles. The molecule has 4 aromatic rings. The number of thiazole rings is 1. The Kier molecular flexibility index (Phi) is 5.72. The number of rotatable bonds is 6. The van der Waals surface area contributed by atoms with Crippen molar-refractivity contribution in [3.8, 4) is 22.3 Å². The highest BCUT2D eigenvalue weighted by Crippen LogP contribution is 2.35. The van der Waals surface area contributed by atoms with Crippen LogP contribution in [0.2, 0.25) is 0 Å². The topological polar surface area (TPSA) is 114 Å². The first kappa shape index (κ1) is 21.0. The number of hydrogen-bond donors (Lipinski definition) is 3. The van der Waals surface area contributed by atoms with E-state index in [4.69, 9.17) is 10.2 Å². The van der Waals surface area contributed by atoms with Gasteiger partial charge in [0.2, 0.25) is 11.0 Å². The number of hydrogen-bond acceptors (Lipinski definition) is 7. The highest BCUT2D eigenvalue weighted by atomic mass is 32.2. The largest absolute Gasteiger partial charge is 0.493 e. The molecule has 0 radical (unpaired) electrons. The molecule has 7 nitrogen and oxygen atoms in total. The summed E-state index contributed by atoms with van der Waals surface area (Å²) in [5.41, 5.74) is 1.42. The van der Waals surface area contributed by atoms with Crippen LogP contribution in [0.1, 0.15) is 21.6 Å². The van der Waals surface area contributed by atoms with Gasteiger partial charge < -0.3 is 10.2 Å². The smallest absolute Gasteiger partial charge is 0.355 e. The molecule has 0 amide bonds. The lowest BCUT2D eigenvalue weighted by atomic mass is 10.0. The lowest BCUT2D eigenvalue weighted by Gasteiger charge is -2.06. The molecule has 0 aliphatic rings. The van der Waals surface area contributed by atoms with Crippen molar-refractivity contribution in [2.45, 2.75) is 11.3 Å². The molecular formula is C20H14F2N4O3S2. The number of aromatic carboxylic acids is 1. The summed E-state index contributed by atoms with van der Waals surface area (Å²) in [5.74, 6) is -3.56. The van der Waals surface area contributed by atoms with Gasteiger partial charge in [-0.05, 0) is 47.8 Å². The van der Waals surface area contributed by atoms with E-state index in [1.807, 2.05) is 24.3 Å². The lowest BCUT2D eigenvalue weighted by molar-refractivity contribution is 0.0691. The third-order valence-electron chi connectivity index (χ3n) is 4.46. The average Bonchev–Trinajstić information content (AvgIpc) is 3.36. The van der Waals surface area contributed by atoms with Gasteiger partial charge in [-0.15, -0.1) is 11.3 Å². The van der Waals surface area contributed by atoms with Crippen molar-refractivity contribution in [2.75, 3.05) is 0 Å². The summed E-state index contributed by atoms with van der Waals surface area (Å²) in [6.45, 7) is 0. The predicted octanol–water partition coefficient (Wildman–Crippen LogP) is 4.23. The van der Waals surface area contributed by atoms with Crippen LogP contribution in [-0.4, -0.2) is 30.9 Å². The zero-order valence-electron chi connectivity index (χ0n) is 15.6. The molecule has 4 rings (SSSR count). The van der Waals surface area contributed by atoms with E-state index < -0.39 is 17.6 Å². The van der Waals surface area contributed by atoms with E-state index in [1.54, 1.807) is 0 Å². The summed E-state index contributed by atoms with van der Waals surface area (Å²) in [5, 5.41) is 31.4. The number of benzene rings is 2. The SMILES string of the molecule is NSc1cccc(Cc2c(-c3ccc(F)c(F)c3)nn(-c3nc(C(=O)O)cs3)c2O)c1. The maximum atomic E-state index is 13.9. The number of halogens is 2. The van der Waals surface area contributed by atoms with Gasteiger partial charge in [-0.25, -0.2) is 18.6 Å². The Morgan fingerprint density at radius 1 is 1.19 bits per heavy atom. The number of carboxylic acid groups (broad SMARTS) is 1. The van der Waals surface area contributed by atoms with Crippen LogP contribution in [0.4, 0.5) is 8.78 Å². The maximum Gasteiger partial charge on any atom is 0.355 e. The summed E-state index contributed by atoms with van der Waals surface area (Å²) in [4.78, 5) is 15.9. The summed E-state index contributed by atoms with van der Waals surface area (Å²) in [7, 11) is 0. The zero-order valence-corrected chi connectivity index (χ0v) is 17.3. The molecule has 158 valence electrons. The maximum absolute atomic E-state index is 13.9. The molecule has 2 aromatic carbocycles. The molecule has 0 aliphatic heterocycles. The van der Waals surface area contributed by atoms with Crippen LogP contribution in [0, 0.1) is 11.6 Å². The van der Waals surface area contributed by atoms with Crippen molar-refractivity contribution in [1.29, 1.82) is 0 Å². The fourth-order valence-electron chi connectivity index (χ4n) is 3.01. The monoisotopic (exact) mass is 460 g/mol. The first-order chi connectivity index (χ1) is 14.9. The molecule has 0 saturated carbocycles. The van der Waals surface area contributed by atoms with Crippen LogP contribution in [0.3, 0.4) is 0 Å². The highest BCUT2D eigenvalue weighted by molar-refractivity contribution is 7.97. The Morgan fingerprint density at radius 3 is 2.68 bits per heavy atom. The van der Waals surface area contributed by atoms with E-state index in [-0.39, 0.29) is 34.4 Å².